The Labute approximate surface area is 99.1 Å². The molecule has 0 bridgehead atoms. The highest BCUT2D eigenvalue weighted by Gasteiger charge is 2.12. The molecule has 0 saturated heterocycles. The molecule has 0 aliphatic carbocycles. The van der Waals surface area contributed by atoms with Crippen molar-refractivity contribution in [1.29, 1.82) is 0 Å². The summed E-state index contributed by atoms with van der Waals surface area (Å²) in [4.78, 5) is 0. The number of anilines is 1. The Morgan fingerprint density at radius 3 is 2.71 bits per heavy atom. The number of ether oxygens (including phenoxy) is 2. The van der Waals surface area contributed by atoms with Gasteiger partial charge in [-0.05, 0) is 23.3 Å². The van der Waals surface area contributed by atoms with E-state index in [9.17, 15) is 0 Å². The van der Waals surface area contributed by atoms with E-state index < -0.39 is 0 Å². The Morgan fingerprint density at radius 1 is 1.29 bits per heavy atom. The normalized spacial score (nSPS) is 10.5. The Morgan fingerprint density at radius 2 is 2.12 bits per heavy atom. The van der Waals surface area contributed by atoms with Gasteiger partial charge >= 0.3 is 0 Å². The molecule has 1 aromatic carbocycles. The number of benzene rings is 1. The van der Waals surface area contributed by atoms with Gasteiger partial charge in [-0.1, -0.05) is 11.2 Å². The van der Waals surface area contributed by atoms with Crippen LogP contribution in [0.25, 0.3) is 11.1 Å². The molecule has 0 amide bonds. The summed E-state index contributed by atoms with van der Waals surface area (Å²) in [7, 11) is 3.26. The second-order valence-corrected chi connectivity index (χ2v) is 3.56. The molecule has 5 heteroatoms. The lowest BCUT2D eigenvalue weighted by Gasteiger charge is -2.09. The van der Waals surface area contributed by atoms with Crippen molar-refractivity contribution < 1.29 is 14.0 Å². The van der Waals surface area contributed by atoms with Crippen LogP contribution in [0.2, 0.25) is 0 Å². The lowest BCUT2D eigenvalue weighted by molar-refractivity contribution is 0.185. The van der Waals surface area contributed by atoms with E-state index in [2.05, 4.69) is 5.16 Å². The Hall–Kier alpha value is -2.01. The van der Waals surface area contributed by atoms with Gasteiger partial charge in [0, 0.05) is 7.11 Å². The zero-order valence-electron chi connectivity index (χ0n) is 9.77. The van der Waals surface area contributed by atoms with Crippen LogP contribution in [0.5, 0.6) is 5.75 Å². The lowest BCUT2D eigenvalue weighted by atomic mass is 10.0. The van der Waals surface area contributed by atoms with Crippen LogP contribution in [-0.4, -0.2) is 19.4 Å². The molecule has 90 valence electrons. The van der Waals surface area contributed by atoms with Crippen LogP contribution in [0.3, 0.4) is 0 Å². The summed E-state index contributed by atoms with van der Waals surface area (Å²) < 4.78 is 15.2. The van der Waals surface area contributed by atoms with E-state index >= 15 is 0 Å². The van der Waals surface area contributed by atoms with Crippen LogP contribution >= 0.6 is 0 Å². The number of rotatable bonds is 4. The molecule has 0 aliphatic heterocycles. The van der Waals surface area contributed by atoms with Crippen LogP contribution in [0, 0.1) is 0 Å². The number of nitrogens with two attached hydrogens (primary N) is 1. The lowest BCUT2D eigenvalue weighted by Crippen LogP contribution is -1.95. The summed E-state index contributed by atoms with van der Waals surface area (Å²) in [5.74, 6) is 1.04. The van der Waals surface area contributed by atoms with Crippen LogP contribution in [-0.2, 0) is 11.3 Å². The first-order chi connectivity index (χ1) is 8.26. The van der Waals surface area contributed by atoms with Crippen LogP contribution in [0.4, 0.5) is 5.88 Å². The van der Waals surface area contributed by atoms with E-state index in [-0.39, 0.29) is 5.88 Å². The number of nitrogen functional groups attached to an aromatic ring is 1. The monoisotopic (exact) mass is 234 g/mol. The van der Waals surface area contributed by atoms with Gasteiger partial charge in [0.05, 0.1) is 25.5 Å². The first-order valence-corrected chi connectivity index (χ1v) is 5.12. The molecule has 1 aromatic heterocycles. The fourth-order valence-electron chi connectivity index (χ4n) is 1.67. The maximum Gasteiger partial charge on any atom is 0.229 e. The molecule has 0 atom stereocenters. The summed E-state index contributed by atoms with van der Waals surface area (Å²) in [5.41, 5.74) is 8.37. The van der Waals surface area contributed by atoms with Crippen molar-refractivity contribution in [2.45, 2.75) is 6.61 Å². The molecular formula is C12H14N2O3. The Kier molecular flexibility index (Phi) is 3.30. The highest BCUT2D eigenvalue weighted by atomic mass is 16.5. The van der Waals surface area contributed by atoms with Gasteiger partial charge in [0.25, 0.3) is 0 Å². The van der Waals surface area contributed by atoms with Crippen molar-refractivity contribution in [2.24, 2.45) is 0 Å². The topological polar surface area (TPSA) is 70.5 Å². The quantitative estimate of drug-likeness (QED) is 0.876. The zero-order valence-corrected chi connectivity index (χ0v) is 9.77. The molecule has 0 radical (unpaired) electrons. The van der Waals surface area contributed by atoms with Gasteiger partial charge in [-0.3, -0.25) is 0 Å². The minimum atomic E-state index is 0.288. The second kappa shape index (κ2) is 4.88. The van der Waals surface area contributed by atoms with E-state index in [1.165, 1.54) is 0 Å². The van der Waals surface area contributed by atoms with Gasteiger partial charge in [-0.2, -0.15) is 0 Å². The van der Waals surface area contributed by atoms with Gasteiger partial charge in [-0.15, -0.1) is 0 Å². The molecular weight excluding hydrogens is 220 g/mol. The van der Waals surface area contributed by atoms with Gasteiger partial charge in [-0.25, -0.2) is 0 Å². The first-order valence-electron chi connectivity index (χ1n) is 5.12. The third kappa shape index (κ3) is 2.24. The van der Waals surface area contributed by atoms with Gasteiger partial charge < -0.3 is 19.7 Å². The molecule has 0 saturated carbocycles. The minimum absolute atomic E-state index is 0.288. The van der Waals surface area contributed by atoms with Crippen LogP contribution in [0.15, 0.2) is 28.9 Å². The SMILES string of the molecule is COCc1ccc(OC)cc1-c1cnoc1N. The van der Waals surface area contributed by atoms with Crippen LogP contribution < -0.4 is 10.5 Å². The standard InChI is InChI=1S/C12H14N2O3/c1-15-7-8-3-4-9(16-2)5-10(8)11-6-14-17-12(11)13/h3-6H,7,13H2,1-2H3. The summed E-state index contributed by atoms with van der Waals surface area (Å²) in [6, 6.07) is 5.70. The molecule has 17 heavy (non-hydrogen) atoms. The summed E-state index contributed by atoms with van der Waals surface area (Å²) in [6.45, 7) is 0.490. The number of methoxy groups -OCH3 is 2. The molecule has 5 nitrogen and oxygen atoms in total. The summed E-state index contributed by atoms with van der Waals surface area (Å²) >= 11 is 0. The maximum atomic E-state index is 5.72. The molecule has 0 aliphatic rings. The third-order valence-electron chi connectivity index (χ3n) is 2.51. The number of nitrogens with zero attached hydrogens (tertiary/aromatic N) is 1. The highest BCUT2D eigenvalue weighted by molar-refractivity contribution is 5.75. The fourth-order valence-corrected chi connectivity index (χ4v) is 1.67. The molecule has 1 heterocycles. The molecule has 2 aromatic rings. The number of aromatic nitrogens is 1. The largest absolute Gasteiger partial charge is 0.497 e. The molecule has 0 spiro atoms. The van der Waals surface area contributed by atoms with Crippen molar-refractivity contribution in [1.82, 2.24) is 5.16 Å². The molecule has 0 fully saturated rings. The van der Waals surface area contributed by atoms with E-state index in [4.69, 9.17) is 19.7 Å². The van der Waals surface area contributed by atoms with Crippen molar-refractivity contribution >= 4 is 5.88 Å². The second-order valence-electron chi connectivity index (χ2n) is 3.56. The predicted octanol–water partition coefficient (Wildman–Crippen LogP) is 2.08. The predicted molar refractivity (Wildman–Crippen MR) is 63.6 cm³/mol. The minimum Gasteiger partial charge on any atom is -0.497 e. The van der Waals surface area contributed by atoms with Crippen LogP contribution in [0.1, 0.15) is 5.56 Å². The van der Waals surface area contributed by atoms with Gasteiger partial charge in [0.1, 0.15) is 5.75 Å². The molecule has 2 rings (SSSR count). The summed E-state index contributed by atoms with van der Waals surface area (Å²) in [5, 5.41) is 3.67. The van der Waals surface area contributed by atoms with E-state index in [1.54, 1.807) is 20.4 Å². The first kappa shape index (κ1) is 11.5. The maximum absolute atomic E-state index is 5.72. The highest BCUT2D eigenvalue weighted by Crippen LogP contribution is 2.32. The third-order valence-corrected chi connectivity index (χ3v) is 2.51. The van der Waals surface area contributed by atoms with E-state index in [0.29, 0.717) is 6.61 Å². The molecule has 2 N–H and O–H groups in total. The zero-order chi connectivity index (χ0) is 12.3. The molecule has 0 unspecified atom stereocenters. The van der Waals surface area contributed by atoms with E-state index in [1.807, 2.05) is 18.2 Å². The average molecular weight is 234 g/mol. The van der Waals surface area contributed by atoms with Crippen molar-refractivity contribution in [3.05, 3.63) is 30.0 Å². The summed E-state index contributed by atoms with van der Waals surface area (Å²) in [6.07, 6.45) is 1.59. The Bertz CT molecular complexity index is 508. The average Bonchev–Trinajstić information content (AvgIpc) is 2.76. The number of hydrogen-bond donors (Lipinski definition) is 1. The smallest absolute Gasteiger partial charge is 0.229 e. The van der Waals surface area contributed by atoms with Gasteiger partial charge in [0.15, 0.2) is 0 Å². The van der Waals surface area contributed by atoms with Gasteiger partial charge in [0.2, 0.25) is 5.88 Å². The number of hydrogen-bond acceptors (Lipinski definition) is 5. The Balaban J connectivity index is 2.52. The van der Waals surface area contributed by atoms with Crippen molar-refractivity contribution in [2.75, 3.05) is 20.0 Å². The fraction of sp³-hybridized carbons (Fsp3) is 0.250. The van der Waals surface area contributed by atoms with Crippen molar-refractivity contribution in [3.63, 3.8) is 0 Å². The van der Waals surface area contributed by atoms with Crippen molar-refractivity contribution in [3.8, 4) is 16.9 Å². The van der Waals surface area contributed by atoms with E-state index in [0.717, 1.165) is 22.4 Å².